The highest BCUT2D eigenvalue weighted by Crippen LogP contribution is 2.28. The van der Waals surface area contributed by atoms with Crippen LogP contribution in [0.5, 0.6) is 0 Å². The molecule has 0 saturated carbocycles. The number of carbonyl (C=O) groups is 1. The molecule has 0 bridgehead atoms. The molecule has 1 atom stereocenters. The summed E-state index contributed by atoms with van der Waals surface area (Å²) in [6.07, 6.45) is 1.88. The van der Waals surface area contributed by atoms with Gasteiger partial charge in [0.25, 0.3) is 5.95 Å². The van der Waals surface area contributed by atoms with E-state index in [1.807, 2.05) is 42.3 Å². The molecule has 1 amide bonds. The van der Waals surface area contributed by atoms with Gasteiger partial charge in [0, 0.05) is 36.6 Å². The number of anilines is 1. The van der Waals surface area contributed by atoms with Crippen LogP contribution in [0, 0.1) is 0 Å². The van der Waals surface area contributed by atoms with Crippen LogP contribution in [0.2, 0.25) is 0 Å². The second-order valence-corrected chi connectivity index (χ2v) is 8.16. The fourth-order valence-electron chi connectivity index (χ4n) is 2.89. The van der Waals surface area contributed by atoms with Gasteiger partial charge in [-0.25, -0.2) is 0 Å². The third kappa shape index (κ3) is 3.09. The van der Waals surface area contributed by atoms with E-state index < -0.39 is 0 Å². The molecule has 1 aromatic rings. The molecule has 0 N–H and O–H groups in total. The maximum absolute atomic E-state index is 12.8. The van der Waals surface area contributed by atoms with E-state index in [0.717, 1.165) is 44.0 Å². The van der Waals surface area contributed by atoms with Gasteiger partial charge in [0.15, 0.2) is 0 Å². The fourth-order valence-corrected chi connectivity index (χ4v) is 3.80. The van der Waals surface area contributed by atoms with Crippen molar-refractivity contribution in [1.29, 1.82) is 0 Å². The molecule has 6 nitrogen and oxygen atoms in total. The Balaban J connectivity index is 1.75. The van der Waals surface area contributed by atoms with Crippen molar-refractivity contribution >= 4 is 23.6 Å². The Morgan fingerprint density at radius 3 is 2.64 bits per heavy atom. The molecule has 0 spiro atoms. The maximum atomic E-state index is 12.8. The van der Waals surface area contributed by atoms with Crippen LogP contribution in [0.3, 0.4) is 0 Å². The van der Waals surface area contributed by atoms with E-state index >= 15 is 0 Å². The van der Waals surface area contributed by atoms with Gasteiger partial charge in [-0.05, 0) is 18.0 Å². The van der Waals surface area contributed by atoms with Gasteiger partial charge in [-0.1, -0.05) is 20.8 Å². The van der Waals surface area contributed by atoms with E-state index in [9.17, 15) is 4.79 Å². The number of hydrogen-bond acceptors (Lipinski definition) is 6. The minimum absolute atomic E-state index is 0.131. The summed E-state index contributed by atoms with van der Waals surface area (Å²) in [5, 5.41) is 4.11. The molecule has 0 unspecified atom stereocenters. The van der Waals surface area contributed by atoms with Crippen LogP contribution in [-0.4, -0.2) is 58.1 Å². The third-order valence-corrected chi connectivity index (χ3v) is 5.12. The van der Waals surface area contributed by atoms with Gasteiger partial charge in [-0.15, -0.1) is 0 Å². The first-order chi connectivity index (χ1) is 10.5. The smallest absolute Gasteiger partial charge is 0.266 e. The molecule has 2 fully saturated rings. The molecule has 122 valence electrons. The van der Waals surface area contributed by atoms with E-state index in [-0.39, 0.29) is 17.4 Å². The molecule has 1 aromatic heterocycles. The predicted molar refractivity (Wildman–Crippen MR) is 87.3 cm³/mol. The number of rotatable bonds is 2. The van der Waals surface area contributed by atoms with Crippen LogP contribution < -0.4 is 4.90 Å². The minimum Gasteiger partial charge on any atom is -0.339 e. The highest BCUT2D eigenvalue weighted by molar-refractivity contribution is 7.99. The fraction of sp³-hybridized carbons (Fsp3) is 0.800. The van der Waals surface area contributed by atoms with Crippen molar-refractivity contribution < 1.29 is 9.32 Å². The second-order valence-electron chi connectivity index (χ2n) is 6.94. The number of carbonyl (C=O) groups excluding carboxylic acids is 1. The quantitative estimate of drug-likeness (QED) is 0.828. The van der Waals surface area contributed by atoms with Crippen molar-refractivity contribution in [3.63, 3.8) is 0 Å². The van der Waals surface area contributed by atoms with E-state index in [4.69, 9.17) is 4.52 Å². The van der Waals surface area contributed by atoms with Crippen molar-refractivity contribution in [3.8, 4) is 0 Å². The zero-order valence-corrected chi connectivity index (χ0v) is 14.4. The van der Waals surface area contributed by atoms with Crippen LogP contribution in [-0.2, 0) is 10.2 Å². The first kappa shape index (κ1) is 15.6. The summed E-state index contributed by atoms with van der Waals surface area (Å²) < 4.78 is 5.38. The van der Waals surface area contributed by atoms with Crippen LogP contribution in [0.15, 0.2) is 4.52 Å². The first-order valence-corrected chi connectivity index (χ1v) is 9.09. The van der Waals surface area contributed by atoms with Gasteiger partial charge >= 0.3 is 0 Å². The number of nitrogens with zero attached hydrogens (tertiary/aromatic N) is 4. The van der Waals surface area contributed by atoms with Crippen LogP contribution in [0.4, 0.5) is 5.95 Å². The second kappa shape index (κ2) is 6.10. The summed E-state index contributed by atoms with van der Waals surface area (Å²) in [6, 6.07) is -0.131. The maximum Gasteiger partial charge on any atom is 0.266 e. The first-order valence-electron chi connectivity index (χ1n) is 7.94. The molecule has 0 aliphatic carbocycles. The average Bonchev–Trinajstić information content (AvgIpc) is 3.15. The lowest BCUT2D eigenvalue weighted by Crippen LogP contribution is -2.48. The van der Waals surface area contributed by atoms with Crippen molar-refractivity contribution in [3.05, 3.63) is 5.89 Å². The number of hydrogen-bond donors (Lipinski definition) is 0. The summed E-state index contributed by atoms with van der Waals surface area (Å²) in [5.74, 6) is 3.48. The predicted octanol–water partition coefficient (Wildman–Crippen LogP) is 1.91. The third-order valence-electron chi connectivity index (χ3n) is 4.17. The standard InChI is InChI=1S/C15H24N4O2S/c1-15(2,3)13-16-14(17-21-13)19-6-4-5-11(19)12(20)18-7-9-22-10-8-18/h11H,4-10H2,1-3H3/t11-/m1/s1. The normalized spacial score (nSPS) is 23.1. The van der Waals surface area contributed by atoms with Crippen LogP contribution in [0.1, 0.15) is 39.5 Å². The Labute approximate surface area is 135 Å². The average molecular weight is 324 g/mol. The number of amides is 1. The van der Waals surface area contributed by atoms with Crippen molar-refractivity contribution in [2.24, 2.45) is 0 Å². The lowest BCUT2D eigenvalue weighted by atomic mass is 9.97. The highest BCUT2D eigenvalue weighted by atomic mass is 32.2. The lowest BCUT2D eigenvalue weighted by Gasteiger charge is -2.31. The van der Waals surface area contributed by atoms with Gasteiger partial charge in [0.1, 0.15) is 6.04 Å². The summed E-state index contributed by atoms with van der Waals surface area (Å²) in [4.78, 5) is 21.3. The Bertz CT molecular complexity index is 534. The Hall–Kier alpha value is -1.24. The zero-order valence-electron chi connectivity index (χ0n) is 13.5. The molecule has 0 aromatic carbocycles. The summed E-state index contributed by atoms with van der Waals surface area (Å²) >= 11 is 1.91. The number of aromatic nitrogens is 2. The van der Waals surface area contributed by atoms with Crippen LogP contribution >= 0.6 is 11.8 Å². The van der Waals surface area contributed by atoms with Crippen LogP contribution in [0.25, 0.3) is 0 Å². The van der Waals surface area contributed by atoms with E-state index in [2.05, 4.69) is 10.1 Å². The molecule has 0 radical (unpaired) electrons. The van der Waals surface area contributed by atoms with Gasteiger partial charge in [0.2, 0.25) is 11.8 Å². The molecule has 22 heavy (non-hydrogen) atoms. The summed E-state index contributed by atoms with van der Waals surface area (Å²) in [7, 11) is 0. The molecule has 2 saturated heterocycles. The lowest BCUT2D eigenvalue weighted by molar-refractivity contribution is -0.132. The highest BCUT2D eigenvalue weighted by Gasteiger charge is 2.37. The molecular formula is C15H24N4O2S. The van der Waals surface area contributed by atoms with E-state index in [1.54, 1.807) is 0 Å². The van der Waals surface area contributed by atoms with Gasteiger partial charge in [-0.3, -0.25) is 4.79 Å². The Morgan fingerprint density at radius 1 is 1.27 bits per heavy atom. The largest absolute Gasteiger partial charge is 0.339 e. The Morgan fingerprint density at radius 2 is 2.00 bits per heavy atom. The van der Waals surface area contributed by atoms with Gasteiger partial charge in [0.05, 0.1) is 0 Å². The summed E-state index contributed by atoms with van der Waals surface area (Å²) in [6.45, 7) is 8.66. The van der Waals surface area contributed by atoms with Gasteiger partial charge < -0.3 is 14.3 Å². The summed E-state index contributed by atoms with van der Waals surface area (Å²) in [5.41, 5.74) is -0.172. The molecule has 7 heteroatoms. The Kier molecular flexibility index (Phi) is 4.34. The van der Waals surface area contributed by atoms with E-state index in [0.29, 0.717) is 11.8 Å². The molecule has 3 rings (SSSR count). The van der Waals surface area contributed by atoms with E-state index in [1.165, 1.54) is 0 Å². The monoisotopic (exact) mass is 324 g/mol. The molecule has 3 heterocycles. The topological polar surface area (TPSA) is 62.5 Å². The van der Waals surface area contributed by atoms with Crippen molar-refractivity contribution in [1.82, 2.24) is 15.0 Å². The SMILES string of the molecule is CC(C)(C)c1nc(N2CCC[C@@H]2C(=O)N2CCSCC2)no1. The van der Waals surface area contributed by atoms with Crippen molar-refractivity contribution in [2.45, 2.75) is 45.1 Å². The van der Waals surface area contributed by atoms with Gasteiger partial charge in [-0.2, -0.15) is 16.7 Å². The zero-order chi connectivity index (χ0) is 15.7. The van der Waals surface area contributed by atoms with Crippen molar-refractivity contribution in [2.75, 3.05) is 36.0 Å². The molecule has 2 aliphatic rings. The minimum atomic E-state index is -0.172. The molecular weight excluding hydrogens is 300 g/mol. The number of thioether (sulfide) groups is 1. The molecule has 2 aliphatic heterocycles.